The van der Waals surface area contributed by atoms with Crippen molar-refractivity contribution in [2.45, 2.75) is 6.04 Å². The molecule has 6 nitrogen and oxygen atoms in total. The summed E-state index contributed by atoms with van der Waals surface area (Å²) >= 11 is 0. The van der Waals surface area contributed by atoms with Crippen molar-refractivity contribution in [2.24, 2.45) is 0 Å². The fraction of sp³-hybridized carbons (Fsp3) is 0.300. The molecule has 2 aromatic carbocycles. The monoisotopic (exact) mass is 351 g/mol. The van der Waals surface area contributed by atoms with Crippen molar-refractivity contribution in [3.05, 3.63) is 54.1 Å². The number of aromatic hydroxyl groups is 1. The number of hydrogen-bond acceptors (Lipinski definition) is 4. The zero-order valence-corrected chi connectivity index (χ0v) is 14.4. The molecule has 134 valence electrons. The summed E-state index contributed by atoms with van der Waals surface area (Å²) in [5, 5.41) is 12.3. The van der Waals surface area contributed by atoms with E-state index in [2.05, 4.69) is 10.2 Å². The number of phenolic OH excluding ortho intramolecular Hbond substituents is 1. The van der Waals surface area contributed by atoms with Gasteiger partial charge in [0.15, 0.2) is 0 Å². The van der Waals surface area contributed by atoms with Crippen molar-refractivity contribution in [1.82, 2.24) is 15.1 Å². The highest BCUT2D eigenvalue weighted by molar-refractivity contribution is 5.96. The number of benzene rings is 2. The van der Waals surface area contributed by atoms with Gasteiger partial charge in [-0.2, -0.15) is 0 Å². The molecule has 0 aliphatic carbocycles. The van der Waals surface area contributed by atoms with E-state index in [0.717, 1.165) is 24.2 Å². The summed E-state index contributed by atoms with van der Waals surface area (Å²) in [5.74, 6) is 0.167. The average molecular weight is 351 g/mol. The summed E-state index contributed by atoms with van der Waals surface area (Å²) in [6.07, 6.45) is 0. The standard InChI is InChI=1S/C20H21N3O3/c24-17-6-4-14(5-7-17)15-2-1-3-16(12-15)20(26)23-11-10-22-9-8-21-19(25)18(22)13-23/h1-7,12,18,24H,8-11,13H2,(H,21,25)/t18-/m0/s1. The van der Waals surface area contributed by atoms with Gasteiger partial charge in [0.2, 0.25) is 5.91 Å². The van der Waals surface area contributed by atoms with E-state index in [1.807, 2.05) is 30.3 Å². The number of rotatable bonds is 2. The molecule has 1 atom stereocenters. The van der Waals surface area contributed by atoms with E-state index in [1.165, 1.54) is 0 Å². The first-order valence-electron chi connectivity index (χ1n) is 8.82. The molecule has 2 fully saturated rings. The molecule has 2 amide bonds. The van der Waals surface area contributed by atoms with E-state index in [9.17, 15) is 14.7 Å². The molecule has 0 spiro atoms. The Bertz CT molecular complexity index is 834. The van der Waals surface area contributed by atoms with Gasteiger partial charge in [0, 0.05) is 38.3 Å². The molecule has 26 heavy (non-hydrogen) atoms. The SMILES string of the molecule is O=C1NCCN2CCN(C(=O)c3cccc(-c4ccc(O)cc4)c3)C[C@@H]12. The molecule has 0 bridgehead atoms. The van der Waals surface area contributed by atoms with Crippen LogP contribution in [0.4, 0.5) is 0 Å². The number of fused-ring (bicyclic) bond motifs is 1. The second-order valence-corrected chi connectivity index (χ2v) is 6.72. The molecule has 6 heteroatoms. The lowest BCUT2D eigenvalue weighted by molar-refractivity contribution is -0.131. The van der Waals surface area contributed by atoms with E-state index in [0.29, 0.717) is 25.2 Å². The molecule has 0 unspecified atom stereocenters. The maximum atomic E-state index is 13.0. The first-order valence-corrected chi connectivity index (χ1v) is 8.82. The van der Waals surface area contributed by atoms with Gasteiger partial charge < -0.3 is 15.3 Å². The molecule has 2 aliphatic heterocycles. The minimum Gasteiger partial charge on any atom is -0.508 e. The number of amides is 2. The normalized spacial score (nSPS) is 20.4. The Morgan fingerprint density at radius 1 is 1.04 bits per heavy atom. The lowest BCUT2D eigenvalue weighted by atomic mass is 10.0. The van der Waals surface area contributed by atoms with Gasteiger partial charge in [-0.05, 0) is 35.4 Å². The predicted octanol–water partition coefficient (Wildman–Crippen LogP) is 1.32. The van der Waals surface area contributed by atoms with Crippen molar-refractivity contribution in [2.75, 3.05) is 32.7 Å². The summed E-state index contributed by atoms with van der Waals surface area (Å²) in [6.45, 7) is 3.30. The van der Waals surface area contributed by atoms with Crippen molar-refractivity contribution < 1.29 is 14.7 Å². The molecular weight excluding hydrogens is 330 g/mol. The van der Waals surface area contributed by atoms with Gasteiger partial charge in [0.05, 0.1) is 0 Å². The lowest BCUT2D eigenvalue weighted by Gasteiger charge is -2.43. The number of piperazine rings is 2. The van der Waals surface area contributed by atoms with Crippen LogP contribution >= 0.6 is 0 Å². The second kappa shape index (κ2) is 6.80. The number of nitrogens with one attached hydrogen (secondary N) is 1. The van der Waals surface area contributed by atoms with Crippen LogP contribution in [0.1, 0.15) is 10.4 Å². The van der Waals surface area contributed by atoms with Gasteiger partial charge in [0.25, 0.3) is 5.91 Å². The summed E-state index contributed by atoms with van der Waals surface area (Å²) in [4.78, 5) is 29.0. The number of phenols is 1. The van der Waals surface area contributed by atoms with E-state index in [-0.39, 0.29) is 23.6 Å². The highest BCUT2D eigenvalue weighted by atomic mass is 16.3. The Kier molecular flexibility index (Phi) is 4.34. The van der Waals surface area contributed by atoms with Crippen molar-refractivity contribution in [3.63, 3.8) is 0 Å². The zero-order valence-electron chi connectivity index (χ0n) is 14.4. The summed E-state index contributed by atoms with van der Waals surface area (Å²) in [6, 6.07) is 14.1. The van der Waals surface area contributed by atoms with Crippen LogP contribution in [0.5, 0.6) is 5.75 Å². The van der Waals surface area contributed by atoms with Gasteiger partial charge in [0.1, 0.15) is 11.8 Å². The van der Waals surface area contributed by atoms with Crippen molar-refractivity contribution in [1.29, 1.82) is 0 Å². The third-order valence-corrected chi connectivity index (χ3v) is 5.09. The molecule has 2 aliphatic rings. The van der Waals surface area contributed by atoms with Crippen molar-refractivity contribution in [3.8, 4) is 16.9 Å². The quantitative estimate of drug-likeness (QED) is 0.856. The van der Waals surface area contributed by atoms with Crippen LogP contribution in [-0.4, -0.2) is 65.5 Å². The topological polar surface area (TPSA) is 72.9 Å². The molecule has 2 N–H and O–H groups in total. The number of nitrogens with zero attached hydrogens (tertiary/aromatic N) is 2. The highest BCUT2D eigenvalue weighted by Gasteiger charge is 2.36. The largest absolute Gasteiger partial charge is 0.508 e. The molecule has 4 rings (SSSR count). The minimum atomic E-state index is -0.248. The smallest absolute Gasteiger partial charge is 0.253 e. The molecule has 0 aromatic heterocycles. The van der Waals surface area contributed by atoms with Crippen LogP contribution in [0.3, 0.4) is 0 Å². The Morgan fingerprint density at radius 2 is 1.85 bits per heavy atom. The number of hydrogen-bond donors (Lipinski definition) is 2. The third-order valence-electron chi connectivity index (χ3n) is 5.09. The van der Waals surface area contributed by atoms with E-state index >= 15 is 0 Å². The Labute approximate surface area is 152 Å². The maximum absolute atomic E-state index is 13.0. The highest BCUT2D eigenvalue weighted by Crippen LogP contribution is 2.24. The molecule has 2 saturated heterocycles. The maximum Gasteiger partial charge on any atom is 0.253 e. The zero-order chi connectivity index (χ0) is 18.1. The van der Waals surface area contributed by atoms with Gasteiger partial charge in [-0.1, -0.05) is 24.3 Å². The van der Waals surface area contributed by atoms with Crippen LogP contribution < -0.4 is 5.32 Å². The van der Waals surface area contributed by atoms with E-state index in [1.54, 1.807) is 23.1 Å². The Morgan fingerprint density at radius 3 is 2.65 bits per heavy atom. The van der Waals surface area contributed by atoms with E-state index < -0.39 is 0 Å². The minimum absolute atomic E-state index is 0.00611. The third kappa shape index (κ3) is 3.15. The average Bonchev–Trinajstić information content (AvgIpc) is 2.68. The molecule has 0 radical (unpaired) electrons. The molecule has 2 aromatic rings. The predicted molar refractivity (Wildman–Crippen MR) is 97.8 cm³/mol. The summed E-state index contributed by atoms with van der Waals surface area (Å²) in [5.41, 5.74) is 2.47. The van der Waals surface area contributed by atoms with Crippen molar-refractivity contribution >= 4 is 11.8 Å². The summed E-state index contributed by atoms with van der Waals surface area (Å²) < 4.78 is 0. The Hall–Kier alpha value is -2.86. The van der Waals surface area contributed by atoms with Gasteiger partial charge in [-0.3, -0.25) is 14.5 Å². The van der Waals surface area contributed by atoms with Crippen LogP contribution in [0.15, 0.2) is 48.5 Å². The first kappa shape index (κ1) is 16.6. The lowest BCUT2D eigenvalue weighted by Crippen LogP contribution is -2.64. The van der Waals surface area contributed by atoms with Gasteiger partial charge >= 0.3 is 0 Å². The fourth-order valence-electron chi connectivity index (χ4n) is 3.63. The van der Waals surface area contributed by atoms with Gasteiger partial charge in [-0.25, -0.2) is 0 Å². The summed E-state index contributed by atoms with van der Waals surface area (Å²) in [7, 11) is 0. The first-order chi connectivity index (χ1) is 12.6. The fourth-order valence-corrected chi connectivity index (χ4v) is 3.63. The molecule has 2 heterocycles. The molecular formula is C20H21N3O3. The Balaban J connectivity index is 1.54. The van der Waals surface area contributed by atoms with Crippen LogP contribution in [0.2, 0.25) is 0 Å². The van der Waals surface area contributed by atoms with Crippen LogP contribution in [0, 0.1) is 0 Å². The van der Waals surface area contributed by atoms with Gasteiger partial charge in [-0.15, -0.1) is 0 Å². The van der Waals surface area contributed by atoms with Crippen LogP contribution in [0.25, 0.3) is 11.1 Å². The van der Waals surface area contributed by atoms with Crippen LogP contribution in [-0.2, 0) is 4.79 Å². The number of carbonyl (C=O) groups excluding carboxylic acids is 2. The van der Waals surface area contributed by atoms with E-state index in [4.69, 9.17) is 0 Å². The second-order valence-electron chi connectivity index (χ2n) is 6.72. The molecule has 0 saturated carbocycles. The number of carbonyl (C=O) groups is 2.